The van der Waals surface area contributed by atoms with E-state index in [0.717, 1.165) is 61.1 Å². The second-order valence-corrected chi connectivity index (χ2v) is 13.4. The molecule has 0 radical (unpaired) electrons. The number of hydrogen-bond donors (Lipinski definition) is 9. The van der Waals surface area contributed by atoms with Crippen LogP contribution in [0.15, 0.2) is 98.4 Å². The molecule has 0 unspecified atom stereocenters. The zero-order chi connectivity index (χ0) is 44.2. The number of aromatic nitrogens is 10. The molecule has 5 aromatic carbocycles. The Kier molecular flexibility index (Phi) is 15.4. The molecule has 21 nitrogen and oxygen atoms in total. The van der Waals surface area contributed by atoms with Crippen molar-refractivity contribution in [2.75, 3.05) is 11.5 Å². The van der Waals surface area contributed by atoms with Gasteiger partial charge in [0.05, 0.1) is 91.3 Å². The van der Waals surface area contributed by atoms with E-state index in [9.17, 15) is 20.2 Å². The number of H-pyrrole nitrogens is 5. The van der Waals surface area contributed by atoms with Crippen molar-refractivity contribution >= 4 is 84.4 Å². The predicted octanol–water partition coefficient (Wildman–Crippen LogP) is 8.20. The van der Waals surface area contributed by atoms with Gasteiger partial charge in [0.2, 0.25) is 0 Å². The van der Waals surface area contributed by atoms with E-state index in [2.05, 4.69) is 68.9 Å². The Morgan fingerprint density at radius 1 is 0.548 bits per heavy atom. The molecular weight excluding hydrogens is 799 g/mol. The number of aryl methyl sites for hydroxylation is 5. The van der Waals surface area contributed by atoms with Crippen LogP contribution in [0, 0.1) is 54.8 Å². The van der Waals surface area contributed by atoms with E-state index >= 15 is 0 Å². The SMILES string of the molecule is Cc1cc2[nH]cnc2cc1N.Cc1cc2nc[nH]c2cc1[N+](=O)[O-].Cc1ccc2[nH]cnc2c1N.Cc1ccc2[nH]cnc2c1[N+](=O)[O-].Cc1ccc2nc[nH]c2c1.N.O=CO. The van der Waals surface area contributed by atoms with Crippen LogP contribution >= 0.6 is 0 Å². The van der Waals surface area contributed by atoms with Crippen molar-refractivity contribution in [2.45, 2.75) is 34.6 Å². The summed E-state index contributed by atoms with van der Waals surface area (Å²) in [4.78, 5) is 63.7. The number of hydrogen-bond acceptors (Lipinski definition) is 13. The Morgan fingerprint density at radius 2 is 1.03 bits per heavy atom. The second-order valence-electron chi connectivity index (χ2n) is 13.4. The molecule has 0 saturated heterocycles. The molecule has 5 heterocycles. The summed E-state index contributed by atoms with van der Waals surface area (Å²) in [5, 5.41) is 28.1. The van der Waals surface area contributed by atoms with Gasteiger partial charge in [0.1, 0.15) is 5.52 Å². The molecule has 0 saturated carbocycles. The average Bonchev–Trinajstić information content (AvgIpc) is 4.08. The van der Waals surface area contributed by atoms with Crippen LogP contribution in [0.1, 0.15) is 27.8 Å². The Morgan fingerprint density at radius 3 is 1.63 bits per heavy atom. The zero-order valence-corrected chi connectivity index (χ0v) is 34.3. The second kappa shape index (κ2) is 20.8. The first-order valence-corrected chi connectivity index (χ1v) is 18.2. The smallest absolute Gasteiger partial charge is 0.299 e. The minimum Gasteiger partial charge on any atom is -0.483 e. The highest BCUT2D eigenvalue weighted by Gasteiger charge is 2.17. The molecule has 0 atom stereocenters. The first-order valence-electron chi connectivity index (χ1n) is 18.2. The molecule has 320 valence electrons. The van der Waals surface area contributed by atoms with Crippen LogP contribution < -0.4 is 17.6 Å². The fraction of sp³-hybridized carbons (Fsp3) is 0.122. The molecule has 0 aliphatic carbocycles. The number of benzene rings is 5. The summed E-state index contributed by atoms with van der Waals surface area (Å²) in [6, 6.07) is 20.7. The van der Waals surface area contributed by atoms with E-state index in [0.29, 0.717) is 27.7 Å². The van der Waals surface area contributed by atoms with E-state index in [-0.39, 0.29) is 24.0 Å². The number of carboxylic acid groups (broad SMARTS) is 1. The van der Waals surface area contributed by atoms with Crippen molar-refractivity contribution in [1.82, 2.24) is 56.0 Å². The van der Waals surface area contributed by atoms with Gasteiger partial charge in [0, 0.05) is 22.9 Å². The molecule has 5 aromatic heterocycles. The number of carbonyl (C=O) groups is 1. The molecule has 0 spiro atoms. The van der Waals surface area contributed by atoms with Crippen LogP contribution in [-0.4, -0.2) is 71.3 Å². The summed E-state index contributed by atoms with van der Waals surface area (Å²) in [6.45, 7) is 9.18. The molecule has 0 aliphatic heterocycles. The highest BCUT2D eigenvalue weighted by atomic mass is 16.6. The van der Waals surface area contributed by atoms with Gasteiger partial charge in [-0.2, -0.15) is 0 Å². The number of nitrogens with one attached hydrogen (secondary N) is 5. The fourth-order valence-corrected chi connectivity index (χ4v) is 5.88. The maximum Gasteiger partial charge on any atom is 0.299 e. The maximum atomic E-state index is 10.7. The van der Waals surface area contributed by atoms with Gasteiger partial charge in [-0.1, -0.05) is 18.2 Å². The monoisotopic (exact) mass is 843 g/mol. The number of anilines is 2. The predicted molar refractivity (Wildman–Crippen MR) is 240 cm³/mol. The summed E-state index contributed by atoms with van der Waals surface area (Å²) in [5.74, 6) is 0. The zero-order valence-electron chi connectivity index (χ0n) is 34.3. The van der Waals surface area contributed by atoms with Crippen molar-refractivity contribution in [2.24, 2.45) is 0 Å². The number of nitrogen functional groups attached to an aromatic ring is 2. The number of nitrogens with zero attached hydrogens (tertiary/aromatic N) is 7. The van der Waals surface area contributed by atoms with Crippen LogP contribution in [0.4, 0.5) is 22.7 Å². The van der Waals surface area contributed by atoms with Crippen LogP contribution in [0.3, 0.4) is 0 Å². The van der Waals surface area contributed by atoms with Gasteiger partial charge >= 0.3 is 0 Å². The molecule has 0 bridgehead atoms. The average molecular weight is 844 g/mol. The van der Waals surface area contributed by atoms with Gasteiger partial charge in [-0.25, -0.2) is 24.9 Å². The van der Waals surface area contributed by atoms with Crippen molar-refractivity contribution in [3.05, 3.63) is 146 Å². The van der Waals surface area contributed by atoms with E-state index < -0.39 is 9.85 Å². The number of nitro benzene ring substituents is 2. The minimum atomic E-state index is -0.404. The molecule has 62 heavy (non-hydrogen) atoms. The third kappa shape index (κ3) is 11.1. The minimum absolute atomic E-state index is 0. The lowest BCUT2D eigenvalue weighted by Crippen LogP contribution is -1.92. The van der Waals surface area contributed by atoms with Crippen LogP contribution in [0.25, 0.3) is 55.2 Å². The van der Waals surface area contributed by atoms with Crippen LogP contribution in [0.5, 0.6) is 0 Å². The summed E-state index contributed by atoms with van der Waals surface area (Å²) in [6.07, 6.45) is 8.01. The Bertz CT molecular complexity index is 3050. The van der Waals surface area contributed by atoms with Crippen molar-refractivity contribution in [3.8, 4) is 0 Å². The number of nitrogens with two attached hydrogens (primary N) is 2. The highest BCUT2D eigenvalue weighted by Crippen LogP contribution is 2.26. The van der Waals surface area contributed by atoms with Gasteiger partial charge in [0.25, 0.3) is 17.8 Å². The largest absolute Gasteiger partial charge is 0.483 e. The highest BCUT2D eigenvalue weighted by molar-refractivity contribution is 5.88. The van der Waals surface area contributed by atoms with E-state index in [4.69, 9.17) is 21.4 Å². The summed E-state index contributed by atoms with van der Waals surface area (Å²) >= 11 is 0. The molecule has 10 aromatic rings. The summed E-state index contributed by atoms with van der Waals surface area (Å²) in [7, 11) is 0. The summed E-state index contributed by atoms with van der Waals surface area (Å²) < 4.78 is 0. The maximum absolute atomic E-state index is 10.7. The van der Waals surface area contributed by atoms with E-state index in [1.807, 2.05) is 44.2 Å². The van der Waals surface area contributed by atoms with Gasteiger partial charge in [-0.3, -0.25) is 25.0 Å². The number of rotatable bonds is 2. The number of imidazole rings is 5. The topological polar surface area (TPSA) is 354 Å². The molecule has 13 N–H and O–H groups in total. The van der Waals surface area contributed by atoms with Gasteiger partial charge in [-0.15, -0.1) is 0 Å². The Labute approximate surface area is 352 Å². The van der Waals surface area contributed by atoms with Gasteiger partial charge in [0.15, 0.2) is 5.52 Å². The lowest BCUT2D eigenvalue weighted by molar-refractivity contribution is -0.385. The lowest BCUT2D eigenvalue weighted by Gasteiger charge is -1.98. The Hall–Kier alpha value is -8.72. The number of aromatic amines is 5. The quantitative estimate of drug-likeness (QED) is 0.0343. The number of fused-ring (bicyclic) bond motifs is 5. The normalized spacial score (nSPS) is 10.1. The molecule has 10 rings (SSSR count). The van der Waals surface area contributed by atoms with Gasteiger partial charge < -0.3 is 47.6 Å². The standard InChI is InChI=1S/2C8H7N3O2.2C8H9N3.C8H8N2.CH2O2.H3N/c1-5-2-6-7(10-4-9-6)3-8(5)11(12)13;1-5-2-3-6-7(10-4-9-6)8(5)11(12)13;1-5-2-7-8(3-6(5)9)11-4-10-7;1-5-2-3-6-8(7(5)9)11-4-10-6;1-6-2-3-7-8(4-6)10-5-9-7;2-1-3;/h2*2-4H,1H3,(H,9,10);2*2-4H,9H2,1H3,(H,10,11);2-5H,1H3,(H,9,10);1H,(H,2,3);1H3. The van der Waals surface area contributed by atoms with Crippen LogP contribution in [0.2, 0.25) is 0 Å². The molecule has 0 aliphatic rings. The fourth-order valence-electron chi connectivity index (χ4n) is 5.88. The molecule has 0 amide bonds. The first-order chi connectivity index (χ1) is 29.2. The lowest BCUT2D eigenvalue weighted by atomic mass is 10.2. The van der Waals surface area contributed by atoms with Crippen LogP contribution in [-0.2, 0) is 4.79 Å². The molecule has 21 heteroatoms. The van der Waals surface area contributed by atoms with E-state index in [1.54, 1.807) is 51.0 Å². The van der Waals surface area contributed by atoms with Crippen molar-refractivity contribution in [1.29, 1.82) is 0 Å². The third-order valence-corrected chi connectivity index (χ3v) is 9.12. The summed E-state index contributed by atoms with van der Waals surface area (Å²) in [5.41, 5.74) is 26.4. The van der Waals surface area contributed by atoms with Gasteiger partial charge in [-0.05, 0) is 93.8 Å². The van der Waals surface area contributed by atoms with Crippen molar-refractivity contribution in [3.63, 3.8) is 0 Å². The first kappa shape index (κ1) is 46.0. The van der Waals surface area contributed by atoms with E-state index in [1.165, 1.54) is 24.3 Å². The number of nitro groups is 2. The molecule has 0 fully saturated rings. The molecular formula is C41H45N15O6. The van der Waals surface area contributed by atoms with Crippen molar-refractivity contribution < 1.29 is 19.7 Å². The Balaban J connectivity index is 0.000000167. The third-order valence-electron chi connectivity index (χ3n) is 9.12.